The SMILES string of the molecule is Clc1cncc(O[C@@H]2CCCNC2)n1. The molecule has 1 aromatic heterocycles. The molecule has 4 nitrogen and oxygen atoms in total. The molecule has 2 rings (SSSR count). The summed E-state index contributed by atoms with van der Waals surface area (Å²) in [6.45, 7) is 1.94. The van der Waals surface area contributed by atoms with Crippen LogP contribution in [-0.4, -0.2) is 29.2 Å². The van der Waals surface area contributed by atoms with Crippen molar-refractivity contribution in [1.82, 2.24) is 15.3 Å². The summed E-state index contributed by atoms with van der Waals surface area (Å²) >= 11 is 5.69. The summed E-state index contributed by atoms with van der Waals surface area (Å²) < 4.78 is 5.62. The van der Waals surface area contributed by atoms with Gasteiger partial charge in [0.2, 0.25) is 5.88 Å². The molecule has 76 valence electrons. The lowest BCUT2D eigenvalue weighted by Crippen LogP contribution is -2.37. The van der Waals surface area contributed by atoms with E-state index in [1.807, 2.05) is 0 Å². The van der Waals surface area contributed by atoms with Gasteiger partial charge in [-0.1, -0.05) is 11.6 Å². The van der Waals surface area contributed by atoms with Gasteiger partial charge >= 0.3 is 0 Å². The van der Waals surface area contributed by atoms with E-state index in [1.165, 1.54) is 6.20 Å². The smallest absolute Gasteiger partial charge is 0.234 e. The average Bonchev–Trinajstić information content (AvgIpc) is 2.19. The quantitative estimate of drug-likeness (QED) is 0.804. The Morgan fingerprint density at radius 3 is 3.14 bits per heavy atom. The Kier molecular flexibility index (Phi) is 3.16. The molecule has 1 aliphatic rings. The van der Waals surface area contributed by atoms with E-state index in [0.717, 1.165) is 25.9 Å². The van der Waals surface area contributed by atoms with Crippen LogP contribution >= 0.6 is 11.6 Å². The van der Waals surface area contributed by atoms with Gasteiger partial charge in [0.05, 0.1) is 12.4 Å². The fourth-order valence-corrected chi connectivity index (χ4v) is 1.61. The van der Waals surface area contributed by atoms with Crippen LogP contribution in [-0.2, 0) is 0 Å². The minimum Gasteiger partial charge on any atom is -0.472 e. The van der Waals surface area contributed by atoms with Gasteiger partial charge in [-0.2, -0.15) is 4.98 Å². The molecule has 0 bridgehead atoms. The van der Waals surface area contributed by atoms with Crippen LogP contribution in [0.5, 0.6) is 5.88 Å². The van der Waals surface area contributed by atoms with Crippen LogP contribution in [0, 0.1) is 0 Å². The van der Waals surface area contributed by atoms with Gasteiger partial charge < -0.3 is 10.1 Å². The summed E-state index contributed by atoms with van der Waals surface area (Å²) in [6, 6.07) is 0. The number of halogens is 1. The highest BCUT2D eigenvalue weighted by Gasteiger charge is 2.14. The molecule has 14 heavy (non-hydrogen) atoms. The molecule has 0 unspecified atom stereocenters. The van der Waals surface area contributed by atoms with Gasteiger partial charge in [-0.05, 0) is 19.4 Å². The highest BCUT2D eigenvalue weighted by atomic mass is 35.5. The molecule has 5 heteroatoms. The maximum Gasteiger partial charge on any atom is 0.234 e. The van der Waals surface area contributed by atoms with E-state index in [4.69, 9.17) is 16.3 Å². The Balaban J connectivity index is 1.95. The second-order valence-corrected chi connectivity index (χ2v) is 3.65. The van der Waals surface area contributed by atoms with Gasteiger partial charge in [-0.3, -0.25) is 4.98 Å². The minimum atomic E-state index is 0.191. The molecule has 1 N–H and O–H groups in total. The first kappa shape index (κ1) is 9.68. The first-order valence-electron chi connectivity index (χ1n) is 4.69. The normalized spacial score (nSPS) is 21.9. The topological polar surface area (TPSA) is 47.0 Å². The van der Waals surface area contributed by atoms with Crippen LogP contribution in [0.4, 0.5) is 0 Å². The second-order valence-electron chi connectivity index (χ2n) is 3.27. The van der Waals surface area contributed by atoms with Gasteiger partial charge in [-0.25, -0.2) is 0 Å². The highest BCUT2D eigenvalue weighted by molar-refractivity contribution is 6.29. The van der Waals surface area contributed by atoms with Crippen molar-refractivity contribution >= 4 is 11.6 Å². The van der Waals surface area contributed by atoms with E-state index in [9.17, 15) is 0 Å². The van der Waals surface area contributed by atoms with E-state index in [0.29, 0.717) is 11.0 Å². The molecule has 1 atom stereocenters. The number of rotatable bonds is 2. The lowest BCUT2D eigenvalue weighted by atomic mass is 10.1. The van der Waals surface area contributed by atoms with Crippen LogP contribution in [0.25, 0.3) is 0 Å². The molecule has 0 saturated carbocycles. The van der Waals surface area contributed by atoms with Crippen LogP contribution in [0.15, 0.2) is 12.4 Å². The van der Waals surface area contributed by atoms with Gasteiger partial charge in [0.1, 0.15) is 6.10 Å². The summed E-state index contributed by atoms with van der Waals surface area (Å²) in [6.07, 6.45) is 5.46. The minimum absolute atomic E-state index is 0.191. The zero-order chi connectivity index (χ0) is 9.80. The van der Waals surface area contributed by atoms with Crippen molar-refractivity contribution in [1.29, 1.82) is 0 Å². The molecule has 0 aliphatic carbocycles. The predicted octanol–water partition coefficient (Wildman–Crippen LogP) is 1.26. The maximum absolute atomic E-state index is 5.69. The van der Waals surface area contributed by atoms with E-state index in [2.05, 4.69) is 15.3 Å². The van der Waals surface area contributed by atoms with Gasteiger partial charge in [-0.15, -0.1) is 0 Å². The molecular weight excluding hydrogens is 202 g/mol. The lowest BCUT2D eigenvalue weighted by Gasteiger charge is -2.23. The first-order valence-corrected chi connectivity index (χ1v) is 5.07. The third-order valence-corrected chi connectivity index (χ3v) is 2.30. The van der Waals surface area contributed by atoms with Crippen molar-refractivity contribution in [2.75, 3.05) is 13.1 Å². The molecule has 0 amide bonds. The van der Waals surface area contributed by atoms with E-state index < -0.39 is 0 Å². The zero-order valence-corrected chi connectivity index (χ0v) is 8.50. The first-order chi connectivity index (χ1) is 6.84. The molecule has 0 radical (unpaired) electrons. The number of hydrogen-bond donors (Lipinski definition) is 1. The zero-order valence-electron chi connectivity index (χ0n) is 7.74. The largest absolute Gasteiger partial charge is 0.472 e. The lowest BCUT2D eigenvalue weighted by molar-refractivity contribution is 0.160. The highest BCUT2D eigenvalue weighted by Crippen LogP contribution is 2.13. The predicted molar refractivity (Wildman–Crippen MR) is 53.6 cm³/mol. The summed E-state index contributed by atoms with van der Waals surface area (Å²) in [5, 5.41) is 3.63. The Morgan fingerprint density at radius 1 is 1.50 bits per heavy atom. The third-order valence-electron chi connectivity index (χ3n) is 2.12. The molecule has 1 fully saturated rings. The monoisotopic (exact) mass is 213 g/mol. The number of nitrogens with one attached hydrogen (secondary N) is 1. The Labute approximate surface area is 87.7 Å². The molecule has 0 aromatic carbocycles. The summed E-state index contributed by atoms with van der Waals surface area (Å²) in [4.78, 5) is 7.93. The van der Waals surface area contributed by atoms with Crippen LogP contribution in [0.1, 0.15) is 12.8 Å². The van der Waals surface area contributed by atoms with Crippen molar-refractivity contribution in [2.24, 2.45) is 0 Å². The number of piperidine rings is 1. The van der Waals surface area contributed by atoms with Crippen LogP contribution in [0.3, 0.4) is 0 Å². The number of ether oxygens (including phenoxy) is 1. The molecular formula is C9H12ClN3O. The fourth-order valence-electron chi connectivity index (χ4n) is 1.47. The Morgan fingerprint density at radius 2 is 2.43 bits per heavy atom. The van der Waals surface area contributed by atoms with Crippen LogP contribution < -0.4 is 10.1 Å². The van der Waals surface area contributed by atoms with Crippen molar-refractivity contribution in [3.05, 3.63) is 17.5 Å². The molecule has 1 aromatic rings. The van der Waals surface area contributed by atoms with E-state index >= 15 is 0 Å². The van der Waals surface area contributed by atoms with Crippen molar-refractivity contribution in [3.63, 3.8) is 0 Å². The van der Waals surface area contributed by atoms with Crippen LogP contribution in [0.2, 0.25) is 5.15 Å². The van der Waals surface area contributed by atoms with Gasteiger partial charge in [0.15, 0.2) is 5.15 Å². The Bertz CT molecular complexity index is 302. The average molecular weight is 214 g/mol. The van der Waals surface area contributed by atoms with Crippen molar-refractivity contribution in [3.8, 4) is 5.88 Å². The summed E-state index contributed by atoms with van der Waals surface area (Å²) in [5.74, 6) is 0.506. The van der Waals surface area contributed by atoms with E-state index in [1.54, 1.807) is 6.20 Å². The summed E-state index contributed by atoms with van der Waals surface area (Å²) in [5.41, 5.74) is 0. The van der Waals surface area contributed by atoms with Crippen molar-refractivity contribution < 1.29 is 4.74 Å². The third kappa shape index (κ3) is 2.56. The van der Waals surface area contributed by atoms with E-state index in [-0.39, 0.29) is 6.10 Å². The molecule has 1 saturated heterocycles. The number of nitrogens with zero attached hydrogens (tertiary/aromatic N) is 2. The second kappa shape index (κ2) is 4.57. The standard InChI is InChI=1S/C9H12ClN3O/c10-8-5-12-6-9(13-8)14-7-2-1-3-11-4-7/h5-7,11H,1-4H2/t7-/m1/s1. The maximum atomic E-state index is 5.69. The molecule has 1 aliphatic heterocycles. The molecule has 2 heterocycles. The Hall–Kier alpha value is -0.870. The van der Waals surface area contributed by atoms with Gasteiger partial charge in [0, 0.05) is 6.54 Å². The molecule has 0 spiro atoms. The fraction of sp³-hybridized carbons (Fsp3) is 0.556. The number of aromatic nitrogens is 2. The van der Waals surface area contributed by atoms with Crippen molar-refractivity contribution in [2.45, 2.75) is 18.9 Å². The summed E-state index contributed by atoms with van der Waals surface area (Å²) in [7, 11) is 0. The van der Waals surface area contributed by atoms with Gasteiger partial charge in [0.25, 0.3) is 0 Å². The number of hydrogen-bond acceptors (Lipinski definition) is 4.